The summed E-state index contributed by atoms with van der Waals surface area (Å²) in [6, 6.07) is 15.7. The van der Waals surface area contributed by atoms with E-state index in [2.05, 4.69) is 63.8 Å². The van der Waals surface area contributed by atoms with Crippen molar-refractivity contribution in [1.82, 2.24) is 63.8 Å². The molecule has 10 atom stereocenters. The van der Waals surface area contributed by atoms with E-state index in [0.29, 0.717) is 22.3 Å². The summed E-state index contributed by atoms with van der Waals surface area (Å²) in [4.78, 5) is 185. The summed E-state index contributed by atoms with van der Waals surface area (Å²) in [7, 11) is 0. The Bertz CT molecular complexity index is 3230. The van der Waals surface area contributed by atoms with Gasteiger partial charge in [0.1, 0.15) is 59.8 Å². The van der Waals surface area contributed by atoms with Crippen LogP contribution in [0.15, 0.2) is 109 Å². The van der Waals surface area contributed by atoms with Crippen molar-refractivity contribution < 1.29 is 87.5 Å². The molecule has 0 fully saturated rings. The largest absolute Gasteiger partial charge is 0.508 e. The maximum atomic E-state index is 14.1. The monoisotopic (exact) mass is 1390 g/mol. The Labute approximate surface area is 577 Å². The van der Waals surface area contributed by atoms with E-state index in [0.717, 1.165) is 0 Å². The third kappa shape index (κ3) is 29.4. The number of hydrogen-bond acceptors (Lipinski definition) is 18. The van der Waals surface area contributed by atoms with Gasteiger partial charge in [-0.15, -0.1) is 0 Å². The second-order valence-corrected chi connectivity index (χ2v) is 24.5. The van der Waals surface area contributed by atoms with E-state index in [1.54, 1.807) is 113 Å². The smallest absolute Gasteiger partial charge is 0.303 e. The molecule has 542 valence electrons. The topological polar surface area (TPSA) is 516 Å². The number of carbonyl (C=O) groups excluding carboxylic acids is 12. The van der Waals surface area contributed by atoms with Crippen LogP contribution in [0.1, 0.15) is 89.5 Å². The lowest BCUT2D eigenvalue weighted by Gasteiger charge is -2.27. The van der Waals surface area contributed by atoms with Crippen LogP contribution in [0.4, 0.5) is 0 Å². The molecule has 0 aliphatic heterocycles. The zero-order valence-corrected chi connectivity index (χ0v) is 56.5. The maximum absolute atomic E-state index is 14.1. The van der Waals surface area contributed by atoms with Gasteiger partial charge in [0, 0.05) is 38.8 Å². The van der Waals surface area contributed by atoms with Gasteiger partial charge in [-0.3, -0.25) is 67.1 Å². The predicted molar refractivity (Wildman–Crippen MR) is 362 cm³/mol. The third-order valence-corrected chi connectivity index (χ3v) is 15.5. The van der Waals surface area contributed by atoms with Crippen LogP contribution in [0.5, 0.6) is 11.5 Å². The van der Waals surface area contributed by atoms with Gasteiger partial charge in [-0.2, -0.15) is 0 Å². The van der Waals surface area contributed by atoms with Crippen molar-refractivity contribution in [2.45, 2.75) is 153 Å². The van der Waals surface area contributed by atoms with Crippen LogP contribution < -0.4 is 75.3 Å². The Morgan fingerprint density at radius 2 is 0.640 bits per heavy atom. The Kier molecular flexibility index (Phi) is 33.6. The number of amides is 12. The van der Waals surface area contributed by atoms with Gasteiger partial charge in [0.15, 0.2) is 0 Å². The van der Waals surface area contributed by atoms with Gasteiger partial charge in [-0.25, -0.2) is 0 Å². The highest BCUT2D eigenvalue weighted by atomic mass is 16.4. The van der Waals surface area contributed by atoms with E-state index in [4.69, 9.17) is 11.5 Å². The highest BCUT2D eigenvalue weighted by molar-refractivity contribution is 5.98. The molecule has 0 saturated heterocycles. The minimum absolute atomic E-state index is 0.0165. The molecule has 0 spiro atoms. The van der Waals surface area contributed by atoms with E-state index < -0.39 is 194 Å². The van der Waals surface area contributed by atoms with E-state index in [1.165, 1.54) is 38.1 Å². The summed E-state index contributed by atoms with van der Waals surface area (Å²) in [5, 5.41) is 68.3. The molecule has 0 bridgehead atoms. The molecule has 0 aliphatic carbocycles. The summed E-state index contributed by atoms with van der Waals surface area (Å²) >= 11 is 0. The number of phenols is 2. The number of aliphatic carboxylic acids is 2. The van der Waals surface area contributed by atoms with Crippen LogP contribution in [0, 0.1) is 11.8 Å². The van der Waals surface area contributed by atoms with E-state index in [-0.39, 0.29) is 50.3 Å². The lowest BCUT2D eigenvalue weighted by molar-refractivity contribution is -0.139. The first-order valence-electron chi connectivity index (χ1n) is 32.4. The summed E-state index contributed by atoms with van der Waals surface area (Å²) in [5.41, 5.74) is 14.6. The van der Waals surface area contributed by atoms with Gasteiger partial charge in [0.25, 0.3) is 0 Å². The molecule has 0 radical (unpaired) electrons. The number of phenolic OH excluding ortho intramolecular Hbond substituents is 2. The van der Waals surface area contributed by atoms with Crippen LogP contribution in [-0.4, -0.2) is 190 Å². The van der Waals surface area contributed by atoms with E-state index in [9.17, 15) is 87.5 Å². The first-order chi connectivity index (χ1) is 47.3. The molecule has 32 heteroatoms. The lowest BCUT2D eigenvalue weighted by atomic mass is 10.0. The number of rotatable bonds is 41. The highest BCUT2D eigenvalue weighted by Gasteiger charge is 2.35. The zero-order chi connectivity index (χ0) is 74.2. The average Bonchev–Trinajstić information content (AvgIpc) is 0.872. The Hall–Kier alpha value is -11.0. The van der Waals surface area contributed by atoms with Crippen LogP contribution in [-0.2, 0) is 92.8 Å². The number of benzene rings is 4. The number of aromatic hydroxyl groups is 2. The highest BCUT2D eigenvalue weighted by Crippen LogP contribution is 2.15. The normalized spacial score (nSPS) is 14.0. The number of hydrogen-bond donors (Lipinski definition) is 18. The molecule has 0 aliphatic rings. The molecule has 4 aromatic carbocycles. The minimum atomic E-state index is -1.57. The van der Waals surface area contributed by atoms with Gasteiger partial charge >= 0.3 is 11.9 Å². The molecule has 100 heavy (non-hydrogen) atoms. The molecular formula is C68H92N14O18. The number of carboxylic acid groups (broad SMARTS) is 2. The fourth-order valence-corrected chi connectivity index (χ4v) is 9.72. The first-order valence-corrected chi connectivity index (χ1v) is 32.4. The van der Waals surface area contributed by atoms with Crippen molar-refractivity contribution >= 4 is 82.8 Å². The molecule has 12 amide bonds. The standard InChI is InChI=1S/C68H92N14O18/c1-37(2)57(81-63(95)49(25-27-55(87)88)77-65(97)51(33-41-13-9-7-10-14-41)79-59(91)39(5)75-61(93)47(69)31-43-17-21-45(83)22-18-43)67(99)73-35-53(85)71-29-30-72-54(86)36-74-68(100)58(38(3)4)82-64(96)50(26-28-56(89)90)78-66(98)52(34-42-15-11-8-12-16-42)80-60(92)40(6)76-62(94)48(70)32-44-19-23-46(84)24-20-44/h7-24,37-40,47-52,57-58,83-84H,25-36,69-70H2,1-6H3,(H,71,85)(H,72,86)(H,73,99)(H,74,100)(H,75,93)(H,76,94)(H,77,97)(H,78,98)(H,79,91)(H,80,92)(H,81,95)(H,82,96)(H,87,88)(H,89,90)/t39-,40-,47+,48+,49+,50+,51+,52+,57+,58+/m1/s1. The van der Waals surface area contributed by atoms with Crippen molar-refractivity contribution in [3.8, 4) is 11.5 Å². The van der Waals surface area contributed by atoms with Crippen LogP contribution >= 0.6 is 0 Å². The molecule has 0 heterocycles. The molecule has 0 aromatic heterocycles. The lowest BCUT2D eigenvalue weighted by Crippen LogP contribution is -2.59. The van der Waals surface area contributed by atoms with Gasteiger partial charge in [-0.1, -0.05) is 113 Å². The van der Waals surface area contributed by atoms with E-state index in [1.807, 2.05) is 0 Å². The average molecular weight is 1390 g/mol. The molecule has 32 nitrogen and oxygen atoms in total. The summed E-state index contributed by atoms with van der Waals surface area (Å²) in [5.74, 6) is -13.8. The summed E-state index contributed by atoms with van der Waals surface area (Å²) in [6.07, 6.45) is -2.24. The van der Waals surface area contributed by atoms with Crippen LogP contribution in [0.2, 0.25) is 0 Å². The SMILES string of the molecule is CC(C)[C@H](NC(=O)[C@H](CCC(=O)O)NC(=O)[C@H](Cc1ccccc1)NC(=O)[C@@H](C)NC(=O)[C@@H](N)Cc1ccc(O)cc1)C(=O)NCC(=O)NCCNC(=O)CNC(=O)[C@@H](NC(=O)[C@H](CCC(=O)O)NC(=O)[C@H](Cc1ccccc1)NC(=O)[C@@H](C)NC(=O)[C@@H](N)Cc1ccc(O)cc1)C(C)C. The second-order valence-electron chi connectivity index (χ2n) is 24.5. The molecule has 0 unspecified atom stereocenters. The number of carboxylic acids is 2. The Morgan fingerprint density at radius 3 is 0.950 bits per heavy atom. The second kappa shape index (κ2) is 41.3. The van der Waals surface area contributed by atoms with Crippen molar-refractivity contribution in [1.29, 1.82) is 0 Å². The summed E-state index contributed by atoms with van der Waals surface area (Å²) in [6.45, 7) is 7.38. The Balaban J connectivity index is 1.29. The number of carbonyl (C=O) groups is 14. The van der Waals surface area contributed by atoms with Gasteiger partial charge in [0.2, 0.25) is 70.9 Å². The van der Waals surface area contributed by atoms with Crippen molar-refractivity contribution in [3.63, 3.8) is 0 Å². The molecule has 4 rings (SSSR count). The predicted octanol–water partition coefficient (Wildman–Crippen LogP) is -2.55. The van der Waals surface area contributed by atoms with Gasteiger partial charge in [-0.05, 0) is 97.9 Å². The number of nitrogens with two attached hydrogens (primary N) is 2. The van der Waals surface area contributed by atoms with Gasteiger partial charge < -0.3 is 95.7 Å². The van der Waals surface area contributed by atoms with Crippen molar-refractivity contribution in [3.05, 3.63) is 131 Å². The molecule has 20 N–H and O–H groups in total. The Morgan fingerprint density at radius 1 is 0.340 bits per heavy atom. The van der Waals surface area contributed by atoms with Crippen LogP contribution in [0.3, 0.4) is 0 Å². The fourth-order valence-electron chi connectivity index (χ4n) is 9.72. The third-order valence-electron chi connectivity index (χ3n) is 15.5. The van der Waals surface area contributed by atoms with E-state index >= 15 is 0 Å². The summed E-state index contributed by atoms with van der Waals surface area (Å²) < 4.78 is 0. The van der Waals surface area contributed by atoms with Crippen molar-refractivity contribution in [2.75, 3.05) is 26.2 Å². The zero-order valence-electron chi connectivity index (χ0n) is 56.5. The maximum Gasteiger partial charge on any atom is 0.303 e. The molecule has 4 aromatic rings. The van der Waals surface area contributed by atoms with Gasteiger partial charge in [0.05, 0.1) is 25.2 Å². The molecule has 0 saturated carbocycles. The number of nitrogens with one attached hydrogen (secondary N) is 12. The quantitative estimate of drug-likeness (QED) is 0.0203. The molecular weight excluding hydrogens is 1300 g/mol. The first kappa shape index (κ1) is 81.4. The van der Waals surface area contributed by atoms with Crippen LogP contribution in [0.25, 0.3) is 0 Å². The minimum Gasteiger partial charge on any atom is -0.508 e. The fraction of sp³-hybridized carbons (Fsp3) is 0.441. The van der Waals surface area contributed by atoms with Crippen molar-refractivity contribution in [2.24, 2.45) is 23.3 Å².